The molecule has 5 nitrogen and oxygen atoms in total. The molecule has 0 radical (unpaired) electrons. The summed E-state index contributed by atoms with van der Waals surface area (Å²) in [5, 5.41) is 5.43. The zero-order valence-electron chi connectivity index (χ0n) is 9.74. The van der Waals surface area contributed by atoms with E-state index in [9.17, 15) is 4.79 Å². The number of ether oxygens (including phenoxy) is 1. The van der Waals surface area contributed by atoms with Crippen LogP contribution in [-0.2, 0) is 4.74 Å². The standard InChI is InChI=1S/C10H17N3O2S/c1-4-15-8(14)7-5-16-9(13-7)12-6-10(2,3)11/h5H,4,6,11H2,1-3H3,(H,12,13). The van der Waals surface area contributed by atoms with Gasteiger partial charge in [0.2, 0.25) is 0 Å². The van der Waals surface area contributed by atoms with Crippen molar-refractivity contribution in [3.8, 4) is 0 Å². The number of nitrogens with two attached hydrogens (primary N) is 1. The summed E-state index contributed by atoms with van der Waals surface area (Å²) in [7, 11) is 0. The van der Waals surface area contributed by atoms with Crippen molar-refractivity contribution in [3.05, 3.63) is 11.1 Å². The highest BCUT2D eigenvalue weighted by Gasteiger charge is 2.14. The van der Waals surface area contributed by atoms with E-state index >= 15 is 0 Å². The normalized spacial score (nSPS) is 11.2. The number of carbonyl (C=O) groups is 1. The Bertz CT molecular complexity index is 357. The van der Waals surface area contributed by atoms with E-state index in [0.29, 0.717) is 24.0 Å². The Labute approximate surface area is 99.0 Å². The van der Waals surface area contributed by atoms with Gasteiger partial charge in [-0.25, -0.2) is 9.78 Å². The van der Waals surface area contributed by atoms with Gasteiger partial charge in [0.15, 0.2) is 10.8 Å². The van der Waals surface area contributed by atoms with Crippen molar-refractivity contribution in [3.63, 3.8) is 0 Å². The van der Waals surface area contributed by atoms with E-state index in [1.54, 1.807) is 12.3 Å². The fraction of sp³-hybridized carbons (Fsp3) is 0.600. The molecule has 0 unspecified atom stereocenters. The Morgan fingerprint density at radius 3 is 2.94 bits per heavy atom. The first-order valence-electron chi connectivity index (χ1n) is 5.08. The minimum atomic E-state index is -0.390. The third-order valence-corrected chi connectivity index (χ3v) is 2.48. The van der Waals surface area contributed by atoms with Gasteiger partial charge in [-0.2, -0.15) is 0 Å². The number of hydrogen-bond acceptors (Lipinski definition) is 6. The van der Waals surface area contributed by atoms with Crippen LogP contribution >= 0.6 is 11.3 Å². The van der Waals surface area contributed by atoms with E-state index in [1.807, 2.05) is 13.8 Å². The molecule has 0 saturated carbocycles. The van der Waals surface area contributed by atoms with Crippen LogP contribution in [0, 0.1) is 0 Å². The highest BCUT2D eigenvalue weighted by atomic mass is 32.1. The maximum absolute atomic E-state index is 11.3. The summed E-state index contributed by atoms with van der Waals surface area (Å²) >= 11 is 1.37. The molecule has 1 aromatic heterocycles. The van der Waals surface area contributed by atoms with Crippen LogP contribution in [0.4, 0.5) is 5.13 Å². The Balaban J connectivity index is 2.55. The van der Waals surface area contributed by atoms with Crippen LogP contribution in [0.2, 0.25) is 0 Å². The maximum Gasteiger partial charge on any atom is 0.357 e. The molecule has 1 heterocycles. The Hall–Kier alpha value is -1.14. The first kappa shape index (κ1) is 12.9. The van der Waals surface area contributed by atoms with E-state index in [4.69, 9.17) is 10.5 Å². The first-order chi connectivity index (χ1) is 7.42. The molecule has 0 aliphatic rings. The van der Waals surface area contributed by atoms with Gasteiger partial charge in [0, 0.05) is 17.5 Å². The number of aromatic nitrogens is 1. The molecule has 1 aromatic rings. The second kappa shape index (κ2) is 5.27. The number of anilines is 1. The molecule has 0 amide bonds. The predicted molar refractivity (Wildman–Crippen MR) is 64.8 cm³/mol. The van der Waals surface area contributed by atoms with Crippen molar-refractivity contribution in [2.45, 2.75) is 26.3 Å². The number of hydrogen-bond donors (Lipinski definition) is 2. The quantitative estimate of drug-likeness (QED) is 0.766. The average Bonchev–Trinajstić information content (AvgIpc) is 2.62. The molecule has 6 heteroatoms. The third-order valence-electron chi connectivity index (χ3n) is 1.68. The molecule has 3 N–H and O–H groups in total. The molecule has 0 aliphatic carbocycles. The van der Waals surface area contributed by atoms with Crippen molar-refractivity contribution in [1.29, 1.82) is 0 Å². The minimum absolute atomic E-state index is 0.310. The molecular formula is C10H17N3O2S. The number of rotatable bonds is 5. The lowest BCUT2D eigenvalue weighted by molar-refractivity contribution is 0.0520. The van der Waals surface area contributed by atoms with Crippen LogP contribution in [-0.4, -0.2) is 29.6 Å². The van der Waals surface area contributed by atoms with Crippen LogP contribution in [0.3, 0.4) is 0 Å². The number of nitrogens with one attached hydrogen (secondary N) is 1. The van der Waals surface area contributed by atoms with Crippen LogP contribution in [0.25, 0.3) is 0 Å². The maximum atomic E-state index is 11.3. The predicted octanol–water partition coefficient (Wildman–Crippen LogP) is 1.47. The largest absolute Gasteiger partial charge is 0.461 e. The van der Waals surface area contributed by atoms with E-state index in [-0.39, 0.29) is 11.5 Å². The van der Waals surface area contributed by atoms with E-state index in [2.05, 4.69) is 10.3 Å². The summed E-state index contributed by atoms with van der Waals surface area (Å²) in [6, 6.07) is 0. The van der Waals surface area contributed by atoms with Gasteiger partial charge in [0.25, 0.3) is 0 Å². The van der Waals surface area contributed by atoms with Gasteiger partial charge in [-0.1, -0.05) is 0 Å². The zero-order chi connectivity index (χ0) is 12.2. The van der Waals surface area contributed by atoms with Crippen LogP contribution < -0.4 is 11.1 Å². The lowest BCUT2D eigenvalue weighted by Gasteiger charge is -2.18. The summed E-state index contributed by atoms with van der Waals surface area (Å²) in [5.74, 6) is -0.390. The Kier molecular flexibility index (Phi) is 4.26. The smallest absolute Gasteiger partial charge is 0.357 e. The molecule has 0 saturated heterocycles. The topological polar surface area (TPSA) is 77.2 Å². The van der Waals surface area contributed by atoms with Gasteiger partial charge in [-0.05, 0) is 20.8 Å². The number of thiazole rings is 1. The van der Waals surface area contributed by atoms with Gasteiger partial charge >= 0.3 is 5.97 Å². The van der Waals surface area contributed by atoms with Gasteiger partial charge in [0.1, 0.15) is 0 Å². The highest BCUT2D eigenvalue weighted by Crippen LogP contribution is 2.16. The van der Waals surface area contributed by atoms with Crippen molar-refractivity contribution in [2.75, 3.05) is 18.5 Å². The minimum Gasteiger partial charge on any atom is -0.461 e. The average molecular weight is 243 g/mol. The summed E-state index contributed by atoms with van der Waals surface area (Å²) in [6.45, 7) is 6.55. The Morgan fingerprint density at radius 1 is 1.69 bits per heavy atom. The van der Waals surface area contributed by atoms with Gasteiger partial charge in [-0.3, -0.25) is 0 Å². The van der Waals surface area contributed by atoms with Crippen LogP contribution in [0.15, 0.2) is 5.38 Å². The lowest BCUT2D eigenvalue weighted by atomic mass is 10.1. The summed E-state index contributed by atoms with van der Waals surface area (Å²) in [5.41, 5.74) is 5.85. The molecular weight excluding hydrogens is 226 g/mol. The van der Waals surface area contributed by atoms with E-state index < -0.39 is 0 Å². The van der Waals surface area contributed by atoms with Crippen LogP contribution in [0.1, 0.15) is 31.3 Å². The second-order valence-corrected chi connectivity index (χ2v) is 4.96. The van der Waals surface area contributed by atoms with Gasteiger partial charge in [0.05, 0.1) is 6.61 Å². The molecule has 0 aromatic carbocycles. The SMILES string of the molecule is CCOC(=O)c1csc(NCC(C)(C)N)n1. The van der Waals surface area contributed by atoms with Gasteiger partial charge in [-0.15, -0.1) is 11.3 Å². The van der Waals surface area contributed by atoms with Crippen molar-refractivity contribution in [1.82, 2.24) is 4.98 Å². The summed E-state index contributed by atoms with van der Waals surface area (Å²) in [6.07, 6.45) is 0. The molecule has 0 atom stereocenters. The molecule has 90 valence electrons. The zero-order valence-corrected chi connectivity index (χ0v) is 10.6. The lowest BCUT2D eigenvalue weighted by Crippen LogP contribution is -2.39. The number of nitrogens with zero attached hydrogens (tertiary/aromatic N) is 1. The van der Waals surface area contributed by atoms with Crippen molar-refractivity contribution in [2.24, 2.45) is 5.73 Å². The summed E-state index contributed by atoms with van der Waals surface area (Å²) < 4.78 is 4.84. The molecule has 0 spiro atoms. The van der Waals surface area contributed by atoms with Crippen molar-refractivity contribution >= 4 is 22.4 Å². The van der Waals surface area contributed by atoms with E-state index in [0.717, 1.165) is 0 Å². The first-order valence-corrected chi connectivity index (χ1v) is 5.96. The molecule has 0 bridgehead atoms. The van der Waals surface area contributed by atoms with Crippen LogP contribution in [0.5, 0.6) is 0 Å². The number of esters is 1. The second-order valence-electron chi connectivity index (χ2n) is 4.10. The fourth-order valence-electron chi connectivity index (χ4n) is 0.957. The van der Waals surface area contributed by atoms with Crippen molar-refractivity contribution < 1.29 is 9.53 Å². The summed E-state index contributed by atoms with van der Waals surface area (Å²) in [4.78, 5) is 15.4. The molecule has 0 fully saturated rings. The Morgan fingerprint density at radius 2 is 2.38 bits per heavy atom. The molecule has 0 aliphatic heterocycles. The highest BCUT2D eigenvalue weighted by molar-refractivity contribution is 7.13. The van der Waals surface area contributed by atoms with Gasteiger partial charge < -0.3 is 15.8 Å². The fourth-order valence-corrected chi connectivity index (χ4v) is 1.64. The monoisotopic (exact) mass is 243 g/mol. The molecule has 16 heavy (non-hydrogen) atoms. The third kappa shape index (κ3) is 4.16. The molecule has 1 rings (SSSR count). The van der Waals surface area contributed by atoms with E-state index in [1.165, 1.54) is 11.3 Å². The number of carbonyl (C=O) groups excluding carboxylic acids is 1.